The summed E-state index contributed by atoms with van der Waals surface area (Å²) in [6.07, 6.45) is 5.30. The Morgan fingerprint density at radius 2 is 1.15 bits per heavy atom. The van der Waals surface area contributed by atoms with E-state index in [1.54, 1.807) is 5.56 Å². The lowest BCUT2D eigenvalue weighted by atomic mass is 9.67. The maximum absolute atomic E-state index is 7.37. The van der Waals surface area contributed by atoms with Crippen LogP contribution in [-0.2, 0) is 21.7 Å². The molecule has 0 aliphatic heterocycles. The van der Waals surface area contributed by atoms with Gasteiger partial charge in [0.1, 0.15) is 5.58 Å². The molecule has 0 amide bonds. The molecule has 326 valence electrons. The molecule has 8 aromatic rings. The lowest BCUT2D eigenvalue weighted by Gasteiger charge is -2.37. The van der Waals surface area contributed by atoms with Crippen molar-refractivity contribution in [1.82, 2.24) is 0 Å². The SMILES string of the molecule is CC(C)c1cc(-c2cc(C(C)(C)C)cc(C(C)(C)C)c2)cc2c1oc1c(N(c3ccc4c(c3)C(C)(C)c3ccccc3-4)c3ccc4c(c3)C3(CC5CCC3C5)c3ccccc3-4)cccc12. The average molecular weight is 850 g/mol. The fourth-order valence-electron chi connectivity index (χ4n) is 13.1. The van der Waals surface area contributed by atoms with Crippen molar-refractivity contribution in [2.24, 2.45) is 11.8 Å². The fraction of sp³-hybridized carbons (Fsp3) is 0.333. The van der Waals surface area contributed by atoms with Gasteiger partial charge in [0.25, 0.3) is 0 Å². The largest absolute Gasteiger partial charge is 0.454 e. The predicted octanol–water partition coefficient (Wildman–Crippen LogP) is 17.8. The number of anilines is 3. The molecule has 1 aromatic heterocycles. The molecule has 65 heavy (non-hydrogen) atoms. The minimum absolute atomic E-state index is 0.0224. The number of furan rings is 1. The molecule has 2 bridgehead atoms. The second kappa shape index (κ2) is 13.8. The quantitative estimate of drug-likeness (QED) is 0.172. The normalized spacial score (nSPS) is 20.2. The zero-order valence-corrected chi connectivity index (χ0v) is 40.1. The summed E-state index contributed by atoms with van der Waals surface area (Å²) in [5.41, 5.74) is 23.2. The number of para-hydroxylation sites is 1. The van der Waals surface area contributed by atoms with Gasteiger partial charge < -0.3 is 9.32 Å². The van der Waals surface area contributed by atoms with Crippen LogP contribution in [0.15, 0.2) is 138 Å². The van der Waals surface area contributed by atoms with Crippen LogP contribution in [-0.4, -0.2) is 0 Å². The van der Waals surface area contributed by atoms with E-state index < -0.39 is 0 Å². The minimum atomic E-state index is -0.134. The highest BCUT2D eigenvalue weighted by Gasteiger charge is 2.56. The molecule has 0 saturated heterocycles. The van der Waals surface area contributed by atoms with E-state index in [1.165, 1.54) is 104 Å². The van der Waals surface area contributed by atoms with Crippen LogP contribution in [0.4, 0.5) is 17.1 Å². The third-order valence-electron chi connectivity index (χ3n) is 16.6. The topological polar surface area (TPSA) is 16.4 Å². The molecule has 2 heteroatoms. The van der Waals surface area contributed by atoms with Crippen molar-refractivity contribution in [1.29, 1.82) is 0 Å². The summed E-state index contributed by atoms with van der Waals surface area (Å²) in [6, 6.07) is 51.9. The Morgan fingerprint density at radius 1 is 0.554 bits per heavy atom. The second-order valence-corrected chi connectivity index (χ2v) is 23.2. The van der Waals surface area contributed by atoms with E-state index in [2.05, 4.69) is 208 Å². The first kappa shape index (κ1) is 40.6. The second-order valence-electron chi connectivity index (χ2n) is 23.2. The van der Waals surface area contributed by atoms with E-state index in [-0.39, 0.29) is 27.6 Å². The zero-order valence-electron chi connectivity index (χ0n) is 40.1. The Bertz CT molecular complexity index is 3240. The molecule has 0 N–H and O–H groups in total. The summed E-state index contributed by atoms with van der Waals surface area (Å²) in [4.78, 5) is 2.53. The molecular formula is C63H63NO. The number of benzene rings is 7. The zero-order chi connectivity index (χ0) is 44.9. The van der Waals surface area contributed by atoms with Crippen molar-refractivity contribution in [2.75, 3.05) is 4.90 Å². The molecule has 12 rings (SSSR count). The van der Waals surface area contributed by atoms with Crippen molar-refractivity contribution < 1.29 is 4.42 Å². The third kappa shape index (κ3) is 5.91. The molecule has 0 radical (unpaired) electrons. The van der Waals surface area contributed by atoms with Gasteiger partial charge in [0, 0.05) is 33.0 Å². The van der Waals surface area contributed by atoms with Crippen molar-refractivity contribution in [3.8, 4) is 33.4 Å². The van der Waals surface area contributed by atoms with E-state index >= 15 is 0 Å². The van der Waals surface area contributed by atoms with Crippen LogP contribution in [0.3, 0.4) is 0 Å². The lowest BCUT2D eigenvalue weighted by Crippen LogP contribution is -2.32. The van der Waals surface area contributed by atoms with Crippen molar-refractivity contribution in [3.05, 3.63) is 172 Å². The van der Waals surface area contributed by atoms with Gasteiger partial charge in [-0.25, -0.2) is 0 Å². The van der Waals surface area contributed by atoms with Crippen molar-refractivity contribution >= 4 is 39.0 Å². The van der Waals surface area contributed by atoms with E-state index in [9.17, 15) is 0 Å². The Labute approximate surface area is 386 Å². The number of nitrogens with zero attached hydrogens (tertiary/aromatic N) is 1. The van der Waals surface area contributed by atoms with Gasteiger partial charge in [0.2, 0.25) is 0 Å². The Hall–Kier alpha value is -5.86. The maximum atomic E-state index is 7.37. The summed E-state index contributed by atoms with van der Waals surface area (Å²) in [7, 11) is 0. The molecule has 2 nitrogen and oxygen atoms in total. The highest BCUT2D eigenvalue weighted by Crippen LogP contribution is 2.66. The first-order valence-electron chi connectivity index (χ1n) is 24.5. The third-order valence-corrected chi connectivity index (χ3v) is 16.6. The highest BCUT2D eigenvalue weighted by molar-refractivity contribution is 6.12. The number of fused-ring (bicyclic) bond motifs is 14. The van der Waals surface area contributed by atoms with Gasteiger partial charge in [-0.05, 0) is 163 Å². The Morgan fingerprint density at radius 3 is 1.78 bits per heavy atom. The maximum Gasteiger partial charge on any atom is 0.159 e. The van der Waals surface area contributed by atoms with Gasteiger partial charge in [-0.1, -0.05) is 167 Å². The van der Waals surface area contributed by atoms with E-state index in [4.69, 9.17) is 4.42 Å². The molecule has 2 fully saturated rings. The standard InChI is InChI=1S/C63H63NO/c1-37(2)51-31-40(39-29-42(60(3,4)5)33-43(30-39)61(6,7)8)32-52-50-18-15-21-57(59(50)65-58(51)52)64(44-24-26-48-46-16-11-13-19-53(46)62(9,10)55(48)34-44)45-25-27-49-47-17-12-14-20-54(47)63(56(49)35-45)36-38-22-23-41(63)28-38/h11-21,24-27,29-35,37-38,41H,22-23,28,36H2,1-10H3. The molecule has 4 aliphatic rings. The van der Waals surface area contributed by atoms with Crippen molar-refractivity contribution in [2.45, 2.75) is 122 Å². The summed E-state index contributed by atoms with van der Waals surface area (Å²) in [5.74, 6) is 1.76. The molecule has 2 saturated carbocycles. The van der Waals surface area contributed by atoms with E-state index in [0.29, 0.717) is 5.92 Å². The van der Waals surface area contributed by atoms with Crippen LogP contribution in [0.5, 0.6) is 0 Å². The fourth-order valence-corrected chi connectivity index (χ4v) is 13.1. The number of hydrogen-bond donors (Lipinski definition) is 0. The number of hydrogen-bond acceptors (Lipinski definition) is 2. The van der Waals surface area contributed by atoms with Crippen LogP contribution in [0, 0.1) is 11.8 Å². The molecule has 3 unspecified atom stereocenters. The summed E-state index contributed by atoms with van der Waals surface area (Å²) >= 11 is 0. The molecule has 1 heterocycles. The first-order chi connectivity index (χ1) is 31.0. The predicted molar refractivity (Wildman–Crippen MR) is 275 cm³/mol. The average Bonchev–Trinajstić information content (AvgIpc) is 4.10. The van der Waals surface area contributed by atoms with Gasteiger partial charge in [0.05, 0.1) is 5.69 Å². The lowest BCUT2D eigenvalue weighted by molar-refractivity contribution is 0.327. The number of rotatable bonds is 5. The summed E-state index contributed by atoms with van der Waals surface area (Å²) < 4.78 is 7.37. The van der Waals surface area contributed by atoms with Crippen LogP contribution in [0.1, 0.15) is 140 Å². The molecule has 7 aromatic carbocycles. The summed E-state index contributed by atoms with van der Waals surface area (Å²) in [5, 5.41) is 2.33. The first-order valence-corrected chi connectivity index (χ1v) is 24.5. The monoisotopic (exact) mass is 849 g/mol. The van der Waals surface area contributed by atoms with Crippen LogP contribution in [0.2, 0.25) is 0 Å². The Kier molecular flexibility index (Phi) is 8.65. The summed E-state index contributed by atoms with van der Waals surface area (Å²) in [6.45, 7) is 23.4. The van der Waals surface area contributed by atoms with Crippen LogP contribution >= 0.6 is 0 Å². The minimum Gasteiger partial charge on any atom is -0.454 e. The van der Waals surface area contributed by atoms with Gasteiger partial charge in [0.15, 0.2) is 5.58 Å². The van der Waals surface area contributed by atoms with E-state index in [1.807, 2.05) is 0 Å². The van der Waals surface area contributed by atoms with Crippen LogP contribution in [0.25, 0.3) is 55.3 Å². The molecule has 4 aliphatic carbocycles. The highest BCUT2D eigenvalue weighted by atomic mass is 16.3. The van der Waals surface area contributed by atoms with Gasteiger partial charge in [-0.15, -0.1) is 0 Å². The molecular weight excluding hydrogens is 787 g/mol. The Balaban J connectivity index is 1.10. The van der Waals surface area contributed by atoms with E-state index in [0.717, 1.165) is 33.8 Å². The molecule has 3 atom stereocenters. The van der Waals surface area contributed by atoms with Gasteiger partial charge in [-0.2, -0.15) is 0 Å². The van der Waals surface area contributed by atoms with Gasteiger partial charge >= 0.3 is 0 Å². The van der Waals surface area contributed by atoms with Crippen LogP contribution < -0.4 is 4.90 Å². The molecule has 1 spiro atoms. The van der Waals surface area contributed by atoms with Gasteiger partial charge in [-0.3, -0.25) is 0 Å². The smallest absolute Gasteiger partial charge is 0.159 e. The van der Waals surface area contributed by atoms with Crippen molar-refractivity contribution in [3.63, 3.8) is 0 Å².